The van der Waals surface area contributed by atoms with Crippen LogP contribution in [0.1, 0.15) is 83.2 Å². The summed E-state index contributed by atoms with van der Waals surface area (Å²) in [6, 6.07) is 13.5. The number of benzene rings is 3. The summed E-state index contributed by atoms with van der Waals surface area (Å²) in [6.07, 6.45) is 3.18. The number of nitrogens with zero attached hydrogens (tertiary/aromatic N) is 4. The van der Waals surface area contributed by atoms with Gasteiger partial charge in [0, 0.05) is 37.1 Å². The average molecular weight is 778 g/mol. The molecule has 5 heterocycles. The molecule has 14 nitrogen and oxygen atoms in total. The molecule has 0 radical (unpaired) electrons. The van der Waals surface area contributed by atoms with Gasteiger partial charge in [-0.2, -0.15) is 0 Å². The molecule has 2 fully saturated rings. The number of aromatic nitrogens is 4. The number of likely N-dealkylation sites (tertiary alicyclic amines) is 2. The quantitative estimate of drug-likeness (QED) is 0.144. The molecule has 57 heavy (non-hydrogen) atoms. The van der Waals surface area contributed by atoms with Gasteiger partial charge in [0.15, 0.2) is 0 Å². The lowest BCUT2D eigenvalue weighted by Crippen LogP contribution is -2.51. The Morgan fingerprint density at radius 1 is 1.00 bits per heavy atom. The first-order valence-electron chi connectivity index (χ1n) is 19.7. The molecular formula is C43H51N7O7. The molecule has 0 spiro atoms. The number of methoxy groups -OCH3 is 2. The van der Waals surface area contributed by atoms with Gasteiger partial charge >= 0.3 is 12.2 Å². The molecule has 3 aromatic carbocycles. The molecule has 1 unspecified atom stereocenters. The van der Waals surface area contributed by atoms with Crippen LogP contribution in [0, 0.1) is 11.8 Å². The molecule has 3 N–H and O–H groups in total. The maximum absolute atomic E-state index is 13.7. The van der Waals surface area contributed by atoms with Crippen LogP contribution in [-0.2, 0) is 25.6 Å². The molecule has 4 atom stereocenters. The standard InChI is InChI=1S/C43H51N7O7/c1-23(2)36(48-41(52)55-7)40(51)49-14-8-9-33(49)39-45-31-13-11-25-17-30-28-12-10-26(16-27(28)22-56-35(30)18-29(25)37(31)47-39)32-19-44-38(46-32)34-15-24(21-54-6)20-50(34)42(53)57-43(3,4)5/h10-13,16-19,23-24,33-34,36H,8-9,14-15,20-22H2,1-7H3,(H,44,46)(H,45,47)(H,48,52)/t24-,33-,34-,36?/m0/s1. The van der Waals surface area contributed by atoms with Crippen molar-refractivity contribution in [1.29, 1.82) is 0 Å². The highest BCUT2D eigenvalue weighted by atomic mass is 16.6. The number of rotatable bonds is 8. The predicted molar refractivity (Wildman–Crippen MR) is 214 cm³/mol. The summed E-state index contributed by atoms with van der Waals surface area (Å²) in [4.78, 5) is 59.4. The van der Waals surface area contributed by atoms with Crippen molar-refractivity contribution < 1.29 is 33.3 Å². The van der Waals surface area contributed by atoms with Crippen molar-refractivity contribution in [3.63, 3.8) is 0 Å². The number of fused-ring (bicyclic) bond motifs is 6. The molecule has 0 bridgehead atoms. The largest absolute Gasteiger partial charge is 0.488 e. The Morgan fingerprint density at radius 2 is 1.82 bits per heavy atom. The summed E-state index contributed by atoms with van der Waals surface area (Å²) in [5.74, 6) is 2.15. The smallest absolute Gasteiger partial charge is 0.410 e. The molecule has 0 saturated carbocycles. The van der Waals surface area contributed by atoms with E-state index in [4.69, 9.17) is 28.9 Å². The van der Waals surface area contributed by atoms with Gasteiger partial charge in [-0.15, -0.1) is 0 Å². The van der Waals surface area contributed by atoms with E-state index in [2.05, 4.69) is 51.7 Å². The van der Waals surface area contributed by atoms with Crippen LogP contribution in [0.2, 0.25) is 0 Å². The lowest BCUT2D eigenvalue weighted by Gasteiger charge is -2.29. The number of imidazole rings is 2. The monoisotopic (exact) mass is 777 g/mol. The van der Waals surface area contributed by atoms with E-state index in [-0.39, 0.29) is 35.9 Å². The van der Waals surface area contributed by atoms with E-state index in [1.807, 2.05) is 51.8 Å². The summed E-state index contributed by atoms with van der Waals surface area (Å²) < 4.78 is 22.4. The SMILES string of the molecule is COC[C@H]1C[C@@H](c2ncc(-c3ccc4c(c3)COc3cc5c(ccc6nc([C@@H]7CCCN7C(=O)C(NC(=O)OC)C(C)C)[nH]c65)cc3-4)[nH]2)N(C(=O)OC(C)(C)C)C1. The van der Waals surface area contributed by atoms with E-state index < -0.39 is 17.7 Å². The molecule has 0 aliphatic carbocycles. The van der Waals surface area contributed by atoms with E-state index >= 15 is 0 Å². The lowest BCUT2D eigenvalue weighted by atomic mass is 9.92. The Balaban J connectivity index is 1.05. The zero-order valence-electron chi connectivity index (χ0n) is 33.6. The molecule has 3 amide bonds. The second kappa shape index (κ2) is 15.0. The van der Waals surface area contributed by atoms with Gasteiger partial charge in [0.25, 0.3) is 0 Å². The molecule has 3 aliphatic heterocycles. The highest BCUT2D eigenvalue weighted by Gasteiger charge is 2.40. The molecule has 8 rings (SSSR count). The topological polar surface area (TPSA) is 164 Å². The molecule has 3 aliphatic rings. The summed E-state index contributed by atoms with van der Waals surface area (Å²) in [5.41, 5.74) is 6.09. The summed E-state index contributed by atoms with van der Waals surface area (Å²) in [5, 5.41) is 4.74. The molecule has 14 heteroatoms. The zero-order valence-corrected chi connectivity index (χ0v) is 33.6. The highest BCUT2D eigenvalue weighted by Crippen LogP contribution is 2.44. The normalized spacial score (nSPS) is 19.8. The summed E-state index contributed by atoms with van der Waals surface area (Å²) in [6.45, 7) is 11.5. The van der Waals surface area contributed by atoms with Gasteiger partial charge in [0.05, 0.1) is 48.7 Å². The number of carbonyl (C=O) groups excluding carboxylic acids is 3. The second-order valence-corrected chi connectivity index (χ2v) is 16.7. The number of nitrogens with one attached hydrogen (secondary N) is 3. The Kier molecular flexibility index (Phi) is 10.1. The number of hydrogen-bond donors (Lipinski definition) is 3. The van der Waals surface area contributed by atoms with Crippen molar-refractivity contribution in [2.75, 3.05) is 33.9 Å². The first-order chi connectivity index (χ1) is 27.3. The van der Waals surface area contributed by atoms with Gasteiger partial charge in [-0.3, -0.25) is 9.69 Å². The third kappa shape index (κ3) is 7.38. The van der Waals surface area contributed by atoms with Gasteiger partial charge in [-0.25, -0.2) is 19.6 Å². The Hall–Kier alpha value is -5.63. The highest BCUT2D eigenvalue weighted by molar-refractivity contribution is 6.07. The average Bonchev–Trinajstić information content (AvgIpc) is 4.01. The zero-order chi connectivity index (χ0) is 40.2. The van der Waals surface area contributed by atoms with Gasteiger partial charge in [0.1, 0.15) is 35.6 Å². The maximum Gasteiger partial charge on any atom is 0.410 e. The summed E-state index contributed by atoms with van der Waals surface area (Å²) >= 11 is 0. The van der Waals surface area contributed by atoms with Crippen molar-refractivity contribution in [3.8, 4) is 28.1 Å². The van der Waals surface area contributed by atoms with E-state index in [9.17, 15) is 14.4 Å². The Labute approximate surface area is 331 Å². The van der Waals surface area contributed by atoms with Gasteiger partial charge < -0.3 is 39.1 Å². The molecule has 300 valence electrons. The molecule has 2 aromatic heterocycles. The Bertz CT molecular complexity index is 2340. The summed E-state index contributed by atoms with van der Waals surface area (Å²) in [7, 11) is 2.97. The number of ether oxygens (including phenoxy) is 4. The fourth-order valence-corrected chi connectivity index (χ4v) is 8.54. The van der Waals surface area contributed by atoms with Gasteiger partial charge in [-0.1, -0.05) is 32.0 Å². The number of aromatic amines is 2. The van der Waals surface area contributed by atoms with Crippen LogP contribution in [0.25, 0.3) is 44.2 Å². The number of hydrogen-bond acceptors (Lipinski definition) is 9. The molecule has 5 aromatic rings. The fraction of sp³-hybridized carbons (Fsp3) is 0.465. The fourth-order valence-electron chi connectivity index (χ4n) is 8.54. The van der Waals surface area contributed by atoms with Crippen molar-refractivity contribution in [3.05, 3.63) is 65.9 Å². The minimum absolute atomic E-state index is 0.117. The first-order valence-corrected chi connectivity index (χ1v) is 19.7. The van der Waals surface area contributed by atoms with Crippen molar-refractivity contribution in [1.82, 2.24) is 35.1 Å². The Morgan fingerprint density at radius 3 is 2.58 bits per heavy atom. The van der Waals surface area contributed by atoms with Crippen LogP contribution in [0.5, 0.6) is 5.75 Å². The van der Waals surface area contributed by atoms with Gasteiger partial charge in [0.2, 0.25) is 5.91 Å². The van der Waals surface area contributed by atoms with E-state index in [0.717, 1.165) is 86.4 Å². The van der Waals surface area contributed by atoms with Crippen molar-refractivity contribution in [2.45, 2.75) is 84.2 Å². The lowest BCUT2D eigenvalue weighted by molar-refractivity contribution is -0.135. The first kappa shape index (κ1) is 38.3. The van der Waals surface area contributed by atoms with Gasteiger partial charge in [-0.05, 0) is 92.3 Å². The maximum atomic E-state index is 13.7. The van der Waals surface area contributed by atoms with Crippen LogP contribution < -0.4 is 10.1 Å². The third-order valence-corrected chi connectivity index (χ3v) is 11.3. The number of H-pyrrole nitrogens is 2. The van der Waals surface area contributed by atoms with Crippen molar-refractivity contribution >= 4 is 39.9 Å². The van der Waals surface area contributed by atoms with Crippen LogP contribution in [-0.4, -0.2) is 93.4 Å². The second-order valence-electron chi connectivity index (χ2n) is 16.7. The van der Waals surface area contributed by atoms with E-state index in [0.29, 0.717) is 26.3 Å². The van der Waals surface area contributed by atoms with Crippen LogP contribution in [0.3, 0.4) is 0 Å². The van der Waals surface area contributed by atoms with E-state index in [1.54, 1.807) is 12.0 Å². The number of alkyl carbamates (subject to hydrolysis) is 1. The minimum Gasteiger partial charge on any atom is -0.488 e. The number of amides is 3. The van der Waals surface area contributed by atoms with E-state index in [1.165, 1.54) is 7.11 Å². The third-order valence-electron chi connectivity index (χ3n) is 11.3. The van der Waals surface area contributed by atoms with Crippen LogP contribution in [0.4, 0.5) is 9.59 Å². The van der Waals surface area contributed by atoms with Crippen LogP contribution >= 0.6 is 0 Å². The molecular weight excluding hydrogens is 727 g/mol. The predicted octanol–water partition coefficient (Wildman–Crippen LogP) is 7.65. The number of carbonyl (C=O) groups is 3. The molecule has 2 saturated heterocycles. The minimum atomic E-state index is -0.703. The van der Waals surface area contributed by atoms with Crippen molar-refractivity contribution in [2.24, 2.45) is 11.8 Å². The van der Waals surface area contributed by atoms with Crippen LogP contribution in [0.15, 0.2) is 48.7 Å².